The van der Waals surface area contributed by atoms with Gasteiger partial charge in [-0.15, -0.1) is 0 Å². The summed E-state index contributed by atoms with van der Waals surface area (Å²) in [5.41, 5.74) is 3.25. The molecule has 0 spiro atoms. The van der Waals surface area contributed by atoms with Crippen LogP contribution in [-0.2, 0) is 11.2 Å². The largest absolute Gasteiger partial charge is 0.454 e. The predicted octanol–water partition coefficient (Wildman–Crippen LogP) is 1.77. The first-order valence-corrected chi connectivity index (χ1v) is 8.98. The molecule has 0 aromatic heterocycles. The summed E-state index contributed by atoms with van der Waals surface area (Å²) in [5, 5.41) is 3.22. The molecular weight excluding hydrogens is 360 g/mol. The Labute approximate surface area is 160 Å². The van der Waals surface area contributed by atoms with Crippen LogP contribution in [0.5, 0.6) is 11.5 Å². The van der Waals surface area contributed by atoms with Gasteiger partial charge in [-0.05, 0) is 36.2 Å². The highest BCUT2D eigenvalue weighted by molar-refractivity contribution is 6.22. The Morgan fingerprint density at radius 2 is 1.71 bits per heavy atom. The van der Waals surface area contributed by atoms with Crippen molar-refractivity contribution in [1.29, 1.82) is 0 Å². The van der Waals surface area contributed by atoms with Crippen LogP contribution in [0.2, 0.25) is 0 Å². The number of carbonyl (C=O) groups excluding carboxylic acids is 3. The number of amides is 2. The predicted molar refractivity (Wildman–Crippen MR) is 99.1 cm³/mol. The molecule has 140 valence electrons. The number of imide groups is 1. The van der Waals surface area contributed by atoms with E-state index in [-0.39, 0.29) is 19.1 Å². The molecule has 3 aliphatic heterocycles. The lowest BCUT2D eigenvalue weighted by molar-refractivity contribution is -0.114. The molecule has 28 heavy (non-hydrogen) atoms. The van der Waals surface area contributed by atoms with Crippen LogP contribution >= 0.6 is 0 Å². The van der Waals surface area contributed by atoms with Gasteiger partial charge in [-0.25, -0.2) is 0 Å². The molecule has 5 rings (SSSR count). The first-order chi connectivity index (χ1) is 13.6. The summed E-state index contributed by atoms with van der Waals surface area (Å²) in [6, 6.07) is 10.4. The number of hydrogen-bond donors (Lipinski definition) is 1. The van der Waals surface area contributed by atoms with Crippen LogP contribution < -0.4 is 14.8 Å². The molecule has 0 bridgehead atoms. The molecule has 2 amide bonds. The fourth-order valence-corrected chi connectivity index (χ4v) is 3.74. The average molecular weight is 376 g/mol. The van der Waals surface area contributed by atoms with E-state index in [9.17, 15) is 14.4 Å². The van der Waals surface area contributed by atoms with Crippen LogP contribution in [0.15, 0.2) is 42.5 Å². The molecule has 0 saturated heterocycles. The smallest absolute Gasteiger partial charge is 0.261 e. The molecule has 1 N–H and O–H groups in total. The Bertz CT molecular complexity index is 1040. The fourth-order valence-electron chi connectivity index (χ4n) is 3.74. The van der Waals surface area contributed by atoms with E-state index in [1.807, 2.05) is 12.1 Å². The number of ketones is 1. The number of hydrogen-bond acceptors (Lipinski definition) is 6. The van der Waals surface area contributed by atoms with Crippen LogP contribution in [0.25, 0.3) is 5.70 Å². The van der Waals surface area contributed by atoms with Crippen molar-refractivity contribution in [3.05, 3.63) is 64.7 Å². The van der Waals surface area contributed by atoms with E-state index >= 15 is 0 Å². The van der Waals surface area contributed by atoms with Gasteiger partial charge in [-0.2, -0.15) is 0 Å². The Hall–Kier alpha value is -3.61. The molecule has 7 heteroatoms. The van der Waals surface area contributed by atoms with Crippen molar-refractivity contribution in [3.8, 4) is 11.5 Å². The average Bonchev–Trinajstić information content (AvgIpc) is 3.25. The van der Waals surface area contributed by atoms with Gasteiger partial charge in [0.15, 0.2) is 17.3 Å². The highest BCUT2D eigenvalue weighted by Crippen LogP contribution is 2.38. The number of nitrogens with zero attached hydrogens (tertiary/aromatic N) is 1. The van der Waals surface area contributed by atoms with Gasteiger partial charge in [-0.3, -0.25) is 19.3 Å². The van der Waals surface area contributed by atoms with Crippen LogP contribution in [0, 0.1) is 0 Å². The molecule has 0 radical (unpaired) electrons. The second kappa shape index (κ2) is 6.23. The third-order valence-corrected chi connectivity index (χ3v) is 5.10. The number of fused-ring (bicyclic) bond motifs is 3. The van der Waals surface area contributed by atoms with Crippen molar-refractivity contribution in [2.24, 2.45) is 0 Å². The van der Waals surface area contributed by atoms with E-state index in [0.29, 0.717) is 34.9 Å². The van der Waals surface area contributed by atoms with Crippen LogP contribution in [0.4, 0.5) is 0 Å². The van der Waals surface area contributed by atoms with Gasteiger partial charge in [0, 0.05) is 23.9 Å². The lowest BCUT2D eigenvalue weighted by Gasteiger charge is -2.22. The minimum absolute atomic E-state index is 0.184. The van der Waals surface area contributed by atoms with Crippen molar-refractivity contribution in [2.75, 3.05) is 19.9 Å². The van der Waals surface area contributed by atoms with Gasteiger partial charge in [0.1, 0.15) is 0 Å². The van der Waals surface area contributed by atoms with E-state index in [1.165, 1.54) is 6.08 Å². The lowest BCUT2D eigenvalue weighted by Crippen LogP contribution is -2.34. The van der Waals surface area contributed by atoms with Gasteiger partial charge in [0.25, 0.3) is 11.8 Å². The SMILES string of the molecule is O=C(/C=C1\NCCc2cc3c(cc21)OCO3)CN1C(=O)c2ccccc2C1=O. The number of carbonyl (C=O) groups is 3. The van der Waals surface area contributed by atoms with Gasteiger partial charge in [-0.1, -0.05) is 12.1 Å². The maximum Gasteiger partial charge on any atom is 0.261 e. The Balaban J connectivity index is 1.40. The van der Waals surface area contributed by atoms with Crippen molar-refractivity contribution in [2.45, 2.75) is 6.42 Å². The number of ether oxygens (including phenoxy) is 2. The first-order valence-electron chi connectivity index (χ1n) is 8.98. The Morgan fingerprint density at radius 3 is 2.43 bits per heavy atom. The van der Waals surface area contributed by atoms with Gasteiger partial charge in [0.2, 0.25) is 6.79 Å². The number of rotatable bonds is 3. The molecule has 0 unspecified atom stereocenters. The van der Waals surface area contributed by atoms with E-state index in [4.69, 9.17) is 9.47 Å². The van der Waals surface area contributed by atoms with E-state index in [1.54, 1.807) is 24.3 Å². The zero-order valence-corrected chi connectivity index (χ0v) is 14.9. The third kappa shape index (κ3) is 2.55. The normalized spacial score (nSPS) is 18.1. The number of nitrogens with one attached hydrogen (secondary N) is 1. The second-order valence-corrected chi connectivity index (χ2v) is 6.81. The van der Waals surface area contributed by atoms with Crippen molar-refractivity contribution in [1.82, 2.24) is 10.2 Å². The zero-order valence-electron chi connectivity index (χ0n) is 14.9. The Kier molecular flexibility index (Phi) is 3.68. The van der Waals surface area contributed by atoms with E-state index in [2.05, 4.69) is 5.32 Å². The molecule has 0 aliphatic carbocycles. The highest BCUT2D eigenvalue weighted by atomic mass is 16.7. The molecule has 0 fully saturated rings. The first kappa shape index (κ1) is 16.6. The van der Waals surface area contributed by atoms with Gasteiger partial charge in [0.05, 0.1) is 17.7 Å². The van der Waals surface area contributed by atoms with E-state index in [0.717, 1.165) is 22.4 Å². The fraction of sp³-hybridized carbons (Fsp3) is 0.190. The highest BCUT2D eigenvalue weighted by Gasteiger charge is 2.36. The molecule has 0 saturated carbocycles. The standard InChI is InChI=1S/C21H16N2O5/c24-13(10-23-20(25)14-3-1-2-4-15(14)21(23)26)8-17-16-9-19-18(27-11-28-19)7-12(16)5-6-22-17/h1-4,7-9,22H,5-6,10-11H2/b17-8-. The monoisotopic (exact) mass is 376 g/mol. The number of benzene rings is 2. The molecule has 2 aromatic carbocycles. The van der Waals surface area contributed by atoms with Crippen LogP contribution in [0.3, 0.4) is 0 Å². The van der Waals surface area contributed by atoms with Crippen molar-refractivity contribution in [3.63, 3.8) is 0 Å². The summed E-state index contributed by atoms with van der Waals surface area (Å²) >= 11 is 0. The summed E-state index contributed by atoms with van der Waals surface area (Å²) in [6.07, 6.45) is 2.25. The third-order valence-electron chi connectivity index (χ3n) is 5.10. The lowest BCUT2D eigenvalue weighted by atomic mass is 9.96. The summed E-state index contributed by atoms with van der Waals surface area (Å²) in [7, 11) is 0. The minimum atomic E-state index is -0.437. The second-order valence-electron chi connectivity index (χ2n) is 6.81. The summed E-state index contributed by atoms with van der Waals surface area (Å²) < 4.78 is 10.8. The molecule has 3 aliphatic rings. The zero-order chi connectivity index (χ0) is 19.3. The minimum Gasteiger partial charge on any atom is -0.454 e. The molecule has 2 aromatic rings. The molecule has 3 heterocycles. The molecule has 0 atom stereocenters. The van der Waals surface area contributed by atoms with Crippen molar-refractivity contribution < 1.29 is 23.9 Å². The van der Waals surface area contributed by atoms with Crippen molar-refractivity contribution >= 4 is 23.3 Å². The van der Waals surface area contributed by atoms with Gasteiger partial charge >= 0.3 is 0 Å². The summed E-state index contributed by atoms with van der Waals surface area (Å²) in [6.45, 7) is 0.569. The summed E-state index contributed by atoms with van der Waals surface area (Å²) in [4.78, 5) is 38.5. The summed E-state index contributed by atoms with van der Waals surface area (Å²) in [5.74, 6) is 0.140. The maximum atomic E-state index is 12.6. The van der Waals surface area contributed by atoms with Crippen LogP contribution in [-0.4, -0.2) is 42.4 Å². The van der Waals surface area contributed by atoms with Crippen LogP contribution in [0.1, 0.15) is 31.8 Å². The topological polar surface area (TPSA) is 84.9 Å². The quantitative estimate of drug-likeness (QED) is 0.649. The molecular formula is C21H16N2O5. The maximum absolute atomic E-state index is 12.6. The van der Waals surface area contributed by atoms with E-state index < -0.39 is 11.8 Å². The Morgan fingerprint density at radius 1 is 1.04 bits per heavy atom. The molecule has 7 nitrogen and oxygen atoms in total. The van der Waals surface area contributed by atoms with Gasteiger partial charge < -0.3 is 14.8 Å².